The molecule has 0 saturated heterocycles. The predicted octanol–water partition coefficient (Wildman–Crippen LogP) is 3.64. The lowest BCUT2D eigenvalue weighted by molar-refractivity contribution is 0.0981. The van der Waals surface area contributed by atoms with Gasteiger partial charge in [0.05, 0.1) is 19.9 Å². The van der Waals surface area contributed by atoms with Gasteiger partial charge in [0.1, 0.15) is 11.5 Å². The van der Waals surface area contributed by atoms with Gasteiger partial charge >= 0.3 is 0 Å². The lowest BCUT2D eigenvalue weighted by Gasteiger charge is -2.07. The number of nitrogens with zero attached hydrogens (tertiary/aromatic N) is 1. The predicted molar refractivity (Wildman–Crippen MR) is 102 cm³/mol. The van der Waals surface area contributed by atoms with Gasteiger partial charge in [-0.3, -0.25) is 9.89 Å². The first-order chi connectivity index (χ1) is 13.7. The number of carbonyl (C=O) groups is 1. The Bertz CT molecular complexity index is 990. The molecule has 2 heterocycles. The van der Waals surface area contributed by atoms with E-state index < -0.39 is 0 Å². The molecular weight excluding hydrogens is 360 g/mol. The average molecular weight is 380 g/mol. The van der Waals surface area contributed by atoms with Crippen molar-refractivity contribution in [3.05, 3.63) is 53.7 Å². The Labute approximate surface area is 162 Å². The van der Waals surface area contributed by atoms with Crippen LogP contribution < -0.4 is 18.9 Å². The summed E-state index contributed by atoms with van der Waals surface area (Å²) in [5, 5.41) is 7.34. The first kappa shape index (κ1) is 17.9. The van der Waals surface area contributed by atoms with E-state index in [2.05, 4.69) is 10.2 Å². The smallest absolute Gasteiger partial charge is 0.231 e. The number of hydrogen-bond acceptors (Lipinski definition) is 6. The maximum absolute atomic E-state index is 12.6. The van der Waals surface area contributed by atoms with Gasteiger partial charge in [-0.1, -0.05) is 0 Å². The summed E-state index contributed by atoms with van der Waals surface area (Å²) in [6.07, 6.45) is 0.898. The third kappa shape index (κ3) is 3.64. The van der Waals surface area contributed by atoms with Crippen molar-refractivity contribution < 1.29 is 23.7 Å². The summed E-state index contributed by atoms with van der Waals surface area (Å²) in [5.74, 6) is 2.64. The largest absolute Gasteiger partial charge is 0.497 e. The molecule has 3 aromatic rings. The molecule has 1 N–H and O–H groups in total. The van der Waals surface area contributed by atoms with Gasteiger partial charge in [0, 0.05) is 29.3 Å². The van der Waals surface area contributed by atoms with Crippen LogP contribution in [0.15, 0.2) is 42.5 Å². The van der Waals surface area contributed by atoms with Crippen LogP contribution in [0.4, 0.5) is 0 Å². The molecule has 0 aliphatic carbocycles. The number of aryl methyl sites for hydroxylation is 1. The third-order valence-electron chi connectivity index (χ3n) is 4.59. The molecule has 0 radical (unpaired) electrons. The first-order valence-electron chi connectivity index (χ1n) is 8.87. The van der Waals surface area contributed by atoms with E-state index in [9.17, 15) is 4.79 Å². The van der Waals surface area contributed by atoms with Gasteiger partial charge < -0.3 is 18.9 Å². The fourth-order valence-corrected chi connectivity index (χ4v) is 3.05. The molecule has 0 atom stereocenters. The van der Waals surface area contributed by atoms with Crippen LogP contribution in [-0.4, -0.2) is 37.0 Å². The SMILES string of the molecule is COc1cc(OC)cc(C(=O)CCc2cc(-c3ccc4c(c3)OCO4)n[nH]2)c1. The van der Waals surface area contributed by atoms with Crippen LogP contribution in [0.5, 0.6) is 23.0 Å². The van der Waals surface area contributed by atoms with Crippen LogP contribution in [0.1, 0.15) is 22.5 Å². The molecule has 7 heteroatoms. The van der Waals surface area contributed by atoms with E-state index in [4.69, 9.17) is 18.9 Å². The summed E-state index contributed by atoms with van der Waals surface area (Å²) in [5.41, 5.74) is 3.17. The van der Waals surface area contributed by atoms with Gasteiger partial charge in [-0.05, 0) is 42.8 Å². The molecule has 28 heavy (non-hydrogen) atoms. The van der Waals surface area contributed by atoms with E-state index in [0.29, 0.717) is 35.7 Å². The van der Waals surface area contributed by atoms with Crippen LogP contribution in [0.2, 0.25) is 0 Å². The maximum Gasteiger partial charge on any atom is 0.231 e. The number of H-pyrrole nitrogens is 1. The summed E-state index contributed by atoms with van der Waals surface area (Å²) in [7, 11) is 3.12. The normalized spacial score (nSPS) is 12.1. The van der Waals surface area contributed by atoms with Gasteiger partial charge in [0.25, 0.3) is 0 Å². The second kappa shape index (κ2) is 7.64. The summed E-state index contributed by atoms with van der Waals surface area (Å²) in [6.45, 7) is 0.238. The lowest BCUT2D eigenvalue weighted by atomic mass is 10.0. The van der Waals surface area contributed by atoms with Gasteiger partial charge in [-0.15, -0.1) is 0 Å². The van der Waals surface area contributed by atoms with Gasteiger partial charge in [-0.25, -0.2) is 0 Å². The highest BCUT2D eigenvalue weighted by molar-refractivity contribution is 5.97. The fraction of sp³-hybridized carbons (Fsp3) is 0.238. The van der Waals surface area contributed by atoms with E-state index in [0.717, 1.165) is 22.7 Å². The molecule has 0 saturated carbocycles. The number of Topliss-reactive ketones (excluding diaryl/α,β-unsaturated/α-hetero) is 1. The Morgan fingerprint density at radius 1 is 1.04 bits per heavy atom. The minimum atomic E-state index is 0.0106. The van der Waals surface area contributed by atoms with E-state index in [1.165, 1.54) is 0 Å². The number of aromatic amines is 1. The van der Waals surface area contributed by atoms with Crippen molar-refractivity contribution in [1.29, 1.82) is 0 Å². The molecule has 0 spiro atoms. The summed E-state index contributed by atoms with van der Waals surface area (Å²) < 4.78 is 21.2. The van der Waals surface area contributed by atoms with Crippen LogP contribution in [0.3, 0.4) is 0 Å². The minimum Gasteiger partial charge on any atom is -0.497 e. The van der Waals surface area contributed by atoms with Gasteiger partial charge in [-0.2, -0.15) is 5.10 Å². The quantitative estimate of drug-likeness (QED) is 0.630. The van der Waals surface area contributed by atoms with Crippen LogP contribution in [0.25, 0.3) is 11.3 Å². The standard InChI is InChI=1S/C21H20N2O5/c1-25-16-7-14(8-17(11-16)26-2)19(24)5-4-15-10-18(23-22-15)13-3-6-20-21(9-13)28-12-27-20/h3,6-11H,4-5,12H2,1-2H3,(H,22,23). The Hall–Kier alpha value is -3.48. The Morgan fingerprint density at radius 2 is 1.79 bits per heavy atom. The number of methoxy groups -OCH3 is 2. The Morgan fingerprint density at radius 3 is 2.54 bits per heavy atom. The third-order valence-corrected chi connectivity index (χ3v) is 4.59. The molecular formula is C21H20N2O5. The van der Waals surface area contributed by atoms with Crippen molar-refractivity contribution in [2.45, 2.75) is 12.8 Å². The molecule has 144 valence electrons. The average Bonchev–Trinajstić information content (AvgIpc) is 3.40. The van der Waals surface area contributed by atoms with Crippen molar-refractivity contribution in [2.75, 3.05) is 21.0 Å². The van der Waals surface area contributed by atoms with E-state index in [-0.39, 0.29) is 12.6 Å². The topological polar surface area (TPSA) is 82.7 Å². The number of aromatic nitrogens is 2. The zero-order valence-corrected chi connectivity index (χ0v) is 15.7. The van der Waals surface area contributed by atoms with Crippen molar-refractivity contribution in [1.82, 2.24) is 10.2 Å². The number of nitrogens with one attached hydrogen (secondary N) is 1. The van der Waals surface area contributed by atoms with Crippen molar-refractivity contribution >= 4 is 5.78 Å². The minimum absolute atomic E-state index is 0.0106. The zero-order valence-electron chi connectivity index (χ0n) is 15.7. The van der Waals surface area contributed by atoms with E-state index >= 15 is 0 Å². The highest BCUT2D eigenvalue weighted by Gasteiger charge is 2.16. The molecule has 1 aliphatic rings. The number of carbonyl (C=O) groups excluding carboxylic acids is 1. The maximum atomic E-state index is 12.6. The summed E-state index contributed by atoms with van der Waals surface area (Å²) in [4.78, 5) is 12.6. The Balaban J connectivity index is 1.44. The molecule has 0 unspecified atom stereocenters. The van der Waals surface area contributed by atoms with Crippen molar-refractivity contribution in [2.24, 2.45) is 0 Å². The van der Waals surface area contributed by atoms with E-state index in [1.807, 2.05) is 24.3 Å². The molecule has 4 rings (SSSR count). The second-order valence-corrected chi connectivity index (χ2v) is 6.37. The zero-order chi connectivity index (χ0) is 19.5. The van der Waals surface area contributed by atoms with Gasteiger partial charge in [0.15, 0.2) is 17.3 Å². The number of ether oxygens (including phenoxy) is 4. The molecule has 0 amide bonds. The molecule has 1 aromatic heterocycles. The first-order valence-corrected chi connectivity index (χ1v) is 8.87. The molecule has 0 bridgehead atoms. The number of ketones is 1. The second-order valence-electron chi connectivity index (χ2n) is 6.37. The molecule has 0 fully saturated rings. The lowest BCUT2D eigenvalue weighted by Crippen LogP contribution is -2.02. The number of fused-ring (bicyclic) bond motifs is 1. The number of hydrogen-bond donors (Lipinski definition) is 1. The summed E-state index contributed by atoms with van der Waals surface area (Å²) >= 11 is 0. The monoisotopic (exact) mass is 380 g/mol. The van der Waals surface area contributed by atoms with Crippen molar-refractivity contribution in [3.63, 3.8) is 0 Å². The molecule has 2 aromatic carbocycles. The van der Waals surface area contributed by atoms with Crippen LogP contribution in [0, 0.1) is 0 Å². The highest BCUT2D eigenvalue weighted by atomic mass is 16.7. The summed E-state index contributed by atoms with van der Waals surface area (Å²) in [6, 6.07) is 12.8. The van der Waals surface area contributed by atoms with Crippen LogP contribution in [-0.2, 0) is 6.42 Å². The number of benzene rings is 2. The van der Waals surface area contributed by atoms with Crippen molar-refractivity contribution in [3.8, 4) is 34.3 Å². The Kier molecular flexibility index (Phi) is 4.89. The van der Waals surface area contributed by atoms with E-state index in [1.54, 1.807) is 32.4 Å². The molecule has 7 nitrogen and oxygen atoms in total. The number of rotatable bonds is 7. The molecule has 1 aliphatic heterocycles. The van der Waals surface area contributed by atoms with Crippen LogP contribution >= 0.6 is 0 Å². The van der Waals surface area contributed by atoms with Gasteiger partial charge in [0.2, 0.25) is 6.79 Å². The highest BCUT2D eigenvalue weighted by Crippen LogP contribution is 2.35. The fourth-order valence-electron chi connectivity index (χ4n) is 3.05.